The zero-order chi connectivity index (χ0) is 16.9. The number of pyridine rings is 1. The number of fused-ring (bicyclic) bond motifs is 2. The SMILES string of the molecule is Cc1[nH]nc2ncc(C(=O)N[C@@H]3CS(=O)(=O)c4ccccc43)cc12. The summed E-state index contributed by atoms with van der Waals surface area (Å²) in [7, 11) is -3.36. The highest BCUT2D eigenvalue weighted by Gasteiger charge is 2.35. The van der Waals surface area contributed by atoms with Gasteiger partial charge >= 0.3 is 0 Å². The molecular weight excluding hydrogens is 328 g/mol. The molecule has 1 aliphatic heterocycles. The van der Waals surface area contributed by atoms with Crippen LogP contribution in [0.5, 0.6) is 0 Å². The second-order valence-corrected chi connectivity index (χ2v) is 7.79. The Morgan fingerprint density at radius 2 is 2.12 bits per heavy atom. The second kappa shape index (κ2) is 5.13. The van der Waals surface area contributed by atoms with Gasteiger partial charge in [-0.05, 0) is 24.6 Å². The quantitative estimate of drug-likeness (QED) is 0.735. The third-order valence-corrected chi connectivity index (χ3v) is 6.00. The van der Waals surface area contributed by atoms with Crippen molar-refractivity contribution in [2.75, 3.05) is 5.75 Å². The van der Waals surface area contributed by atoms with E-state index in [-0.39, 0.29) is 16.6 Å². The van der Waals surface area contributed by atoms with E-state index < -0.39 is 15.9 Å². The van der Waals surface area contributed by atoms with E-state index in [1.54, 1.807) is 30.3 Å². The largest absolute Gasteiger partial charge is 0.344 e. The van der Waals surface area contributed by atoms with E-state index in [4.69, 9.17) is 0 Å². The number of hydrogen-bond acceptors (Lipinski definition) is 5. The minimum Gasteiger partial charge on any atom is -0.344 e. The van der Waals surface area contributed by atoms with Crippen LogP contribution in [0.25, 0.3) is 11.0 Å². The molecule has 24 heavy (non-hydrogen) atoms. The molecule has 2 N–H and O–H groups in total. The van der Waals surface area contributed by atoms with Crippen molar-refractivity contribution >= 4 is 26.8 Å². The predicted molar refractivity (Wildman–Crippen MR) is 87.3 cm³/mol. The number of H-pyrrole nitrogens is 1. The van der Waals surface area contributed by atoms with Gasteiger partial charge in [-0.25, -0.2) is 13.4 Å². The molecule has 0 unspecified atom stereocenters. The lowest BCUT2D eigenvalue weighted by atomic mass is 10.1. The molecule has 7 nitrogen and oxygen atoms in total. The summed E-state index contributed by atoms with van der Waals surface area (Å²) in [6.45, 7) is 1.85. The number of carbonyl (C=O) groups is 1. The van der Waals surface area contributed by atoms with Gasteiger partial charge in [-0.3, -0.25) is 9.89 Å². The first-order chi connectivity index (χ1) is 11.5. The van der Waals surface area contributed by atoms with Gasteiger partial charge in [0.2, 0.25) is 0 Å². The number of aromatic nitrogens is 3. The molecule has 1 aromatic carbocycles. The average Bonchev–Trinajstić information content (AvgIpc) is 3.06. The highest BCUT2D eigenvalue weighted by molar-refractivity contribution is 7.91. The number of rotatable bonds is 2. The van der Waals surface area contributed by atoms with Gasteiger partial charge in [-0.15, -0.1) is 0 Å². The van der Waals surface area contributed by atoms with Crippen molar-refractivity contribution in [3.05, 3.63) is 53.3 Å². The fourth-order valence-corrected chi connectivity index (χ4v) is 4.69. The lowest BCUT2D eigenvalue weighted by Crippen LogP contribution is -2.29. The Hall–Kier alpha value is -2.74. The highest BCUT2D eigenvalue weighted by atomic mass is 32.2. The van der Waals surface area contributed by atoms with Crippen LogP contribution in [-0.2, 0) is 9.84 Å². The summed E-state index contributed by atoms with van der Waals surface area (Å²) < 4.78 is 24.4. The summed E-state index contributed by atoms with van der Waals surface area (Å²) in [5.74, 6) is -0.486. The van der Waals surface area contributed by atoms with Crippen LogP contribution < -0.4 is 5.32 Å². The highest BCUT2D eigenvalue weighted by Crippen LogP contribution is 2.33. The van der Waals surface area contributed by atoms with E-state index in [1.807, 2.05) is 6.92 Å². The predicted octanol–water partition coefficient (Wildman–Crippen LogP) is 1.52. The van der Waals surface area contributed by atoms with E-state index in [1.165, 1.54) is 6.20 Å². The Morgan fingerprint density at radius 3 is 2.96 bits per heavy atom. The van der Waals surface area contributed by atoms with E-state index in [0.717, 1.165) is 11.1 Å². The first-order valence-electron chi connectivity index (χ1n) is 7.39. The van der Waals surface area contributed by atoms with Gasteiger partial charge in [0.25, 0.3) is 5.91 Å². The minimum absolute atomic E-state index is 0.126. The number of benzene rings is 1. The van der Waals surface area contributed by atoms with Crippen LogP contribution >= 0.6 is 0 Å². The molecule has 0 saturated carbocycles. The van der Waals surface area contributed by atoms with Gasteiger partial charge in [0.05, 0.1) is 22.3 Å². The minimum atomic E-state index is -3.36. The van der Waals surface area contributed by atoms with Crippen molar-refractivity contribution in [3.8, 4) is 0 Å². The third kappa shape index (κ3) is 2.26. The molecule has 1 aliphatic rings. The van der Waals surface area contributed by atoms with Gasteiger partial charge in [0.1, 0.15) is 0 Å². The molecule has 0 radical (unpaired) electrons. The summed E-state index contributed by atoms with van der Waals surface area (Å²) in [4.78, 5) is 17.0. The Morgan fingerprint density at radius 1 is 1.33 bits per heavy atom. The monoisotopic (exact) mass is 342 g/mol. The van der Waals surface area contributed by atoms with Gasteiger partial charge in [0.15, 0.2) is 15.5 Å². The summed E-state index contributed by atoms with van der Waals surface area (Å²) >= 11 is 0. The van der Waals surface area contributed by atoms with Crippen molar-refractivity contribution in [1.29, 1.82) is 0 Å². The number of aryl methyl sites for hydroxylation is 1. The normalized spacial score (nSPS) is 18.5. The molecule has 3 aromatic rings. The fraction of sp³-hybridized carbons (Fsp3) is 0.188. The van der Waals surface area contributed by atoms with E-state index in [9.17, 15) is 13.2 Å². The van der Waals surface area contributed by atoms with E-state index in [0.29, 0.717) is 16.8 Å². The van der Waals surface area contributed by atoms with Crippen LogP contribution in [0.2, 0.25) is 0 Å². The van der Waals surface area contributed by atoms with Gasteiger partial charge in [-0.1, -0.05) is 18.2 Å². The van der Waals surface area contributed by atoms with Gasteiger partial charge in [0, 0.05) is 17.3 Å². The topological polar surface area (TPSA) is 105 Å². The van der Waals surface area contributed by atoms with E-state index in [2.05, 4.69) is 20.5 Å². The lowest BCUT2D eigenvalue weighted by Gasteiger charge is -2.12. The van der Waals surface area contributed by atoms with E-state index >= 15 is 0 Å². The zero-order valence-corrected chi connectivity index (χ0v) is 13.6. The van der Waals surface area contributed by atoms with Crippen LogP contribution in [0.3, 0.4) is 0 Å². The van der Waals surface area contributed by atoms with Crippen LogP contribution in [-0.4, -0.2) is 35.3 Å². The Kier molecular flexibility index (Phi) is 3.17. The summed E-state index contributed by atoms with van der Waals surface area (Å²) in [6, 6.07) is 7.89. The summed E-state index contributed by atoms with van der Waals surface area (Å²) in [5.41, 5.74) is 2.35. The maximum atomic E-state index is 12.5. The van der Waals surface area contributed by atoms with Crippen molar-refractivity contribution in [3.63, 3.8) is 0 Å². The maximum absolute atomic E-state index is 12.5. The molecule has 1 atom stereocenters. The standard InChI is InChI=1S/C16H14N4O3S/c1-9-12-6-10(7-17-15(12)20-19-9)16(21)18-13-8-24(22,23)14-5-3-2-4-11(13)14/h2-7,13H,8H2,1H3,(H,18,21)(H,17,19,20)/t13-/m1/s1. The first kappa shape index (κ1) is 14.8. The van der Waals surface area contributed by atoms with Crippen molar-refractivity contribution < 1.29 is 13.2 Å². The molecule has 0 fully saturated rings. The number of hydrogen-bond donors (Lipinski definition) is 2. The number of carbonyl (C=O) groups excluding carboxylic acids is 1. The number of nitrogens with one attached hydrogen (secondary N) is 2. The smallest absolute Gasteiger partial charge is 0.253 e. The van der Waals surface area contributed by atoms with Crippen molar-refractivity contribution in [2.45, 2.75) is 17.9 Å². The zero-order valence-electron chi connectivity index (χ0n) is 12.8. The molecule has 8 heteroatoms. The van der Waals surface area contributed by atoms with Crippen LogP contribution in [0.15, 0.2) is 41.4 Å². The molecular formula is C16H14N4O3S. The molecule has 4 rings (SSSR count). The maximum Gasteiger partial charge on any atom is 0.253 e. The number of sulfone groups is 1. The molecule has 0 bridgehead atoms. The van der Waals surface area contributed by atoms with Crippen LogP contribution in [0, 0.1) is 6.92 Å². The molecule has 2 aromatic heterocycles. The second-order valence-electron chi connectivity index (χ2n) is 5.79. The number of nitrogens with zero attached hydrogens (tertiary/aromatic N) is 2. The van der Waals surface area contributed by atoms with Gasteiger partial charge < -0.3 is 5.32 Å². The molecule has 0 saturated heterocycles. The third-order valence-electron chi connectivity index (χ3n) is 4.18. The molecule has 1 amide bonds. The van der Waals surface area contributed by atoms with Gasteiger partial charge in [-0.2, -0.15) is 5.10 Å². The lowest BCUT2D eigenvalue weighted by molar-refractivity contribution is 0.0940. The Balaban J connectivity index is 1.66. The fourth-order valence-electron chi connectivity index (χ4n) is 2.96. The number of amides is 1. The summed E-state index contributed by atoms with van der Waals surface area (Å²) in [6.07, 6.45) is 1.44. The molecule has 0 aliphatic carbocycles. The van der Waals surface area contributed by atoms with Crippen LogP contribution in [0.1, 0.15) is 27.7 Å². The first-order valence-corrected chi connectivity index (χ1v) is 9.04. The van der Waals surface area contributed by atoms with Crippen LogP contribution in [0.4, 0.5) is 0 Å². The molecule has 122 valence electrons. The molecule has 0 spiro atoms. The van der Waals surface area contributed by atoms with Crippen molar-refractivity contribution in [2.24, 2.45) is 0 Å². The Bertz CT molecular complexity index is 1070. The van der Waals surface area contributed by atoms with Crippen molar-refractivity contribution in [1.82, 2.24) is 20.5 Å². The molecule has 3 heterocycles. The Labute approximate surface area is 138 Å². The number of aromatic amines is 1. The summed E-state index contributed by atoms with van der Waals surface area (Å²) in [5, 5.41) is 10.4. The average molecular weight is 342 g/mol.